The highest BCUT2D eigenvalue weighted by Gasteiger charge is 2.41. The monoisotopic (exact) mass is 647 g/mol. The molecule has 2 atom stereocenters. The lowest BCUT2D eigenvalue weighted by molar-refractivity contribution is -0.140. The third-order valence-electron chi connectivity index (χ3n) is 6.72. The van der Waals surface area contributed by atoms with Gasteiger partial charge in [-0.3, -0.25) is 58.1 Å². The summed E-state index contributed by atoms with van der Waals surface area (Å²) < 4.78 is 13.5. The summed E-state index contributed by atoms with van der Waals surface area (Å²) in [7, 11) is -3.16. The number of amides is 7. The zero-order valence-electron chi connectivity index (χ0n) is 23.5. The van der Waals surface area contributed by atoms with Crippen LogP contribution in [-0.4, -0.2) is 119 Å². The number of carbonyl (C=O) groups excluding carboxylic acids is 7. The van der Waals surface area contributed by atoms with Gasteiger partial charge in [-0.25, -0.2) is 0 Å². The first-order chi connectivity index (χ1) is 20.0. The average Bonchev–Trinajstić information content (AvgIpc) is 3.36. The second kappa shape index (κ2) is 16.4. The van der Waals surface area contributed by atoms with E-state index in [2.05, 4.69) is 26.1 Å². The third-order valence-corrected chi connectivity index (χ3v) is 11.8. The second-order valence-electron chi connectivity index (χ2n) is 9.92. The molecule has 3 heterocycles. The average molecular weight is 648 g/mol. The van der Waals surface area contributed by atoms with Crippen LogP contribution in [-0.2, 0) is 38.1 Å². The Morgan fingerprint density at radius 1 is 0.833 bits per heavy atom. The molecule has 0 spiro atoms. The van der Waals surface area contributed by atoms with Gasteiger partial charge in [0.25, 0.3) is 0 Å². The molecular weight excluding hydrogens is 609 g/mol. The highest BCUT2D eigenvalue weighted by atomic mass is 32.2. The number of nitrogens with one attached hydrogen (secondary N) is 5. The molecule has 15 nitrogen and oxygen atoms in total. The molecule has 7 amide bonds. The molecule has 2 unspecified atom stereocenters. The number of imide groups is 2. The summed E-state index contributed by atoms with van der Waals surface area (Å²) in [5.74, 6) is -2.46. The van der Waals surface area contributed by atoms with Crippen LogP contribution in [0.15, 0.2) is 0 Å². The van der Waals surface area contributed by atoms with E-state index in [1.165, 1.54) is 30.4 Å². The van der Waals surface area contributed by atoms with Gasteiger partial charge in [-0.15, -0.1) is 23.5 Å². The first-order valence-corrected chi connectivity index (χ1v) is 17.8. The van der Waals surface area contributed by atoms with Crippen LogP contribution in [0, 0.1) is 0 Å². The van der Waals surface area contributed by atoms with Gasteiger partial charge in [-0.2, -0.15) is 0 Å². The zero-order valence-corrected chi connectivity index (χ0v) is 26.0. The van der Waals surface area contributed by atoms with Crippen LogP contribution < -0.4 is 26.1 Å². The molecule has 3 aliphatic rings. The maximum atomic E-state index is 13.5. The molecule has 234 valence electrons. The quantitative estimate of drug-likeness (QED) is 0.136. The van der Waals surface area contributed by atoms with Gasteiger partial charge in [0.1, 0.15) is 0 Å². The number of hydrogen-bond donors (Lipinski definition) is 5. The number of nitrogens with zero attached hydrogens (tertiary/aromatic N) is 2. The van der Waals surface area contributed by atoms with Gasteiger partial charge in [0, 0.05) is 89.7 Å². The predicted molar refractivity (Wildman–Crippen MR) is 157 cm³/mol. The van der Waals surface area contributed by atoms with Crippen molar-refractivity contribution in [3.8, 4) is 0 Å². The van der Waals surface area contributed by atoms with E-state index in [1.807, 2.05) is 0 Å². The first kappa shape index (κ1) is 34.0. The Labute approximate surface area is 252 Å². The largest absolute Gasteiger partial charge is 0.356 e. The topological polar surface area (TPSA) is 203 Å². The fraction of sp³-hybridized carbons (Fsp3) is 0.708. The van der Waals surface area contributed by atoms with Crippen LogP contribution in [0.4, 0.5) is 0 Å². The fourth-order valence-electron chi connectivity index (χ4n) is 4.50. The summed E-state index contributed by atoms with van der Waals surface area (Å²) in [6.45, 7) is 2.24. The van der Waals surface area contributed by atoms with Crippen LogP contribution in [0.1, 0.15) is 39.0 Å². The van der Waals surface area contributed by atoms with E-state index in [-0.39, 0.29) is 112 Å². The van der Waals surface area contributed by atoms with Crippen molar-refractivity contribution in [1.29, 1.82) is 0 Å². The predicted octanol–water partition coefficient (Wildman–Crippen LogP) is -1.41. The van der Waals surface area contributed by atoms with E-state index in [4.69, 9.17) is 0 Å². The molecule has 3 rings (SSSR count). The van der Waals surface area contributed by atoms with Crippen molar-refractivity contribution in [1.82, 2.24) is 35.9 Å². The van der Waals surface area contributed by atoms with Crippen molar-refractivity contribution < 1.29 is 38.1 Å². The van der Waals surface area contributed by atoms with E-state index in [0.29, 0.717) is 18.1 Å². The number of hydrogen-bond acceptors (Lipinski definition) is 10. The van der Waals surface area contributed by atoms with E-state index in [0.717, 1.165) is 9.80 Å². The van der Waals surface area contributed by atoms with Crippen LogP contribution in [0.5, 0.6) is 0 Å². The normalized spacial score (nSPS) is 27.8. The van der Waals surface area contributed by atoms with Crippen molar-refractivity contribution in [3.05, 3.63) is 0 Å². The molecule has 3 aliphatic heterocycles. The molecule has 18 heteroatoms. The Hall–Kier alpha value is -2.46. The van der Waals surface area contributed by atoms with Gasteiger partial charge < -0.3 is 16.0 Å². The number of rotatable bonds is 4. The Balaban J connectivity index is 1.62. The Morgan fingerprint density at radius 2 is 1.31 bits per heavy atom. The third kappa shape index (κ3) is 10.4. The second-order valence-corrected chi connectivity index (χ2v) is 15.2. The van der Waals surface area contributed by atoms with E-state index < -0.39 is 17.9 Å². The molecule has 0 saturated carbocycles. The minimum absolute atomic E-state index is 0.00139. The zero-order chi connectivity index (χ0) is 30.7. The van der Waals surface area contributed by atoms with Crippen molar-refractivity contribution in [2.45, 2.75) is 49.5 Å². The van der Waals surface area contributed by atoms with E-state index >= 15 is 0 Å². The molecule has 0 aliphatic carbocycles. The van der Waals surface area contributed by atoms with Gasteiger partial charge in [-0.1, -0.05) is 0 Å². The molecule has 0 aromatic rings. The summed E-state index contributed by atoms with van der Waals surface area (Å²) in [5.41, 5.74) is 0. The lowest BCUT2D eigenvalue weighted by Crippen LogP contribution is -2.39. The molecule has 0 aromatic heterocycles. The van der Waals surface area contributed by atoms with E-state index in [9.17, 15) is 38.1 Å². The fourth-order valence-corrected chi connectivity index (χ4v) is 9.17. The van der Waals surface area contributed by atoms with Crippen molar-refractivity contribution in [2.75, 3.05) is 57.1 Å². The van der Waals surface area contributed by atoms with Gasteiger partial charge >= 0.3 is 0 Å². The molecule has 0 radical (unpaired) electrons. The number of carbonyl (C=O) groups is 7. The summed E-state index contributed by atoms with van der Waals surface area (Å²) >= 11 is 2.45. The highest BCUT2D eigenvalue weighted by Crippen LogP contribution is 2.36. The molecule has 5 N–H and O–H groups in total. The summed E-state index contributed by atoms with van der Waals surface area (Å²) in [5, 5.41) is 13.0. The van der Waals surface area contributed by atoms with Gasteiger partial charge in [-0.05, 0) is 6.42 Å². The van der Waals surface area contributed by atoms with Crippen LogP contribution in [0.2, 0.25) is 0 Å². The number of thioether (sulfide) groups is 2. The Morgan fingerprint density at radius 3 is 1.76 bits per heavy atom. The van der Waals surface area contributed by atoms with Gasteiger partial charge in [0.15, 0.2) is 0 Å². The van der Waals surface area contributed by atoms with Gasteiger partial charge in [0.05, 0.1) is 10.5 Å². The summed E-state index contributed by atoms with van der Waals surface area (Å²) in [4.78, 5) is 88.3. The minimum Gasteiger partial charge on any atom is -0.356 e. The Kier molecular flexibility index (Phi) is 13.3. The van der Waals surface area contributed by atoms with E-state index in [1.54, 1.807) is 0 Å². The van der Waals surface area contributed by atoms with Crippen molar-refractivity contribution >= 4 is 72.3 Å². The molecule has 4 bridgehead atoms. The highest BCUT2D eigenvalue weighted by molar-refractivity contribution is 8.17. The molecular formula is C24H38N7O8PS2. The SMILES string of the molecule is CC(=O)NCCCP1(=O)NCCNC(=O)CCN2C(=O)CC(SCSC3CC(=O)N(CCC(=O)NCCN1)C3=O)C2=O. The van der Waals surface area contributed by atoms with Gasteiger partial charge in [0.2, 0.25) is 48.8 Å². The first-order valence-electron chi connectivity index (χ1n) is 13.8. The molecule has 0 aromatic carbocycles. The summed E-state index contributed by atoms with van der Waals surface area (Å²) in [6.07, 6.45) is 0.460. The van der Waals surface area contributed by atoms with Crippen molar-refractivity contribution in [2.24, 2.45) is 0 Å². The van der Waals surface area contributed by atoms with Crippen molar-refractivity contribution in [3.63, 3.8) is 0 Å². The Bertz CT molecular complexity index is 1060. The maximum Gasteiger partial charge on any atom is 0.242 e. The molecule has 3 fully saturated rings. The summed E-state index contributed by atoms with van der Waals surface area (Å²) in [6, 6.07) is 0. The number of fused-ring (bicyclic) bond motifs is 4. The smallest absolute Gasteiger partial charge is 0.242 e. The van der Waals surface area contributed by atoms with Crippen LogP contribution >= 0.6 is 31.0 Å². The molecule has 3 saturated heterocycles. The van der Waals surface area contributed by atoms with Crippen LogP contribution in [0.25, 0.3) is 0 Å². The van der Waals surface area contributed by atoms with Crippen LogP contribution in [0.3, 0.4) is 0 Å². The molecule has 42 heavy (non-hydrogen) atoms. The lowest BCUT2D eigenvalue weighted by atomic mass is 10.3. The lowest BCUT2D eigenvalue weighted by Gasteiger charge is -2.22. The standard InChI is InChI=1S/C24H38N7O8PS2/c1-16(32)25-5-2-12-40(39)28-8-6-26-19(33)3-10-30-21(35)13-17(23(30)37)41-15-42-18-14-22(36)31(24(18)38)11-4-20(34)27-7-9-29-40/h17-18H,2-15H2,1H3,(H,25,32)(H,26,33)(H,27,34)(H2,28,29,39). The minimum atomic E-state index is -3.16. The maximum absolute atomic E-state index is 13.5.